The Morgan fingerprint density at radius 2 is 1.96 bits per heavy atom. The molecular formula is C18H20N4OS2. The number of benzene rings is 1. The molecule has 1 N–H and O–H groups in total. The molecule has 3 aromatic rings. The van der Waals surface area contributed by atoms with E-state index in [0.717, 1.165) is 32.7 Å². The quantitative estimate of drug-likeness (QED) is 0.682. The van der Waals surface area contributed by atoms with E-state index < -0.39 is 0 Å². The molecule has 0 atom stereocenters. The van der Waals surface area contributed by atoms with E-state index in [1.165, 1.54) is 17.3 Å². The maximum atomic E-state index is 12.3. The molecule has 0 saturated heterocycles. The smallest absolute Gasteiger partial charge is 0.234 e. The molecule has 0 aliphatic carbocycles. The lowest BCUT2D eigenvalue weighted by Gasteiger charge is -2.12. The fraction of sp³-hybridized carbons (Fsp3) is 0.278. The number of aromatic nitrogens is 3. The molecule has 5 nitrogen and oxygen atoms in total. The highest BCUT2D eigenvalue weighted by Gasteiger charge is 2.14. The molecule has 0 radical (unpaired) electrons. The van der Waals surface area contributed by atoms with E-state index in [-0.39, 0.29) is 5.91 Å². The van der Waals surface area contributed by atoms with Gasteiger partial charge >= 0.3 is 0 Å². The predicted molar refractivity (Wildman–Crippen MR) is 104 cm³/mol. The maximum absolute atomic E-state index is 12.3. The summed E-state index contributed by atoms with van der Waals surface area (Å²) >= 11 is 3.01. The first-order valence-corrected chi connectivity index (χ1v) is 9.76. The topological polar surface area (TPSA) is 59.8 Å². The van der Waals surface area contributed by atoms with Crippen LogP contribution in [0.25, 0.3) is 10.7 Å². The van der Waals surface area contributed by atoms with E-state index >= 15 is 0 Å². The molecule has 0 aliphatic rings. The Hall–Kier alpha value is -2.12. The van der Waals surface area contributed by atoms with Crippen LogP contribution in [0.2, 0.25) is 0 Å². The summed E-state index contributed by atoms with van der Waals surface area (Å²) in [5.74, 6) is 1.08. The van der Waals surface area contributed by atoms with Gasteiger partial charge in [0.15, 0.2) is 11.0 Å². The molecule has 25 heavy (non-hydrogen) atoms. The number of hydrogen-bond donors (Lipinski definition) is 1. The number of thioether (sulfide) groups is 1. The highest BCUT2D eigenvalue weighted by Crippen LogP contribution is 2.26. The van der Waals surface area contributed by atoms with Gasteiger partial charge in [-0.1, -0.05) is 35.5 Å². The summed E-state index contributed by atoms with van der Waals surface area (Å²) in [6.07, 6.45) is 0. The number of thiophene rings is 1. The Morgan fingerprint density at radius 1 is 1.24 bits per heavy atom. The van der Waals surface area contributed by atoms with Crippen molar-refractivity contribution in [2.75, 3.05) is 11.1 Å². The van der Waals surface area contributed by atoms with Crippen LogP contribution in [0.3, 0.4) is 0 Å². The third-order valence-electron chi connectivity index (χ3n) is 3.85. The molecule has 130 valence electrons. The summed E-state index contributed by atoms with van der Waals surface area (Å²) in [7, 11) is 1.92. The second kappa shape index (κ2) is 7.41. The van der Waals surface area contributed by atoms with E-state index in [9.17, 15) is 4.79 Å². The van der Waals surface area contributed by atoms with Crippen LogP contribution in [0.15, 0.2) is 34.8 Å². The maximum Gasteiger partial charge on any atom is 0.234 e. The van der Waals surface area contributed by atoms with Crippen molar-refractivity contribution in [1.82, 2.24) is 14.8 Å². The Morgan fingerprint density at radius 3 is 2.60 bits per heavy atom. The summed E-state index contributed by atoms with van der Waals surface area (Å²) in [6, 6.07) is 8.15. The van der Waals surface area contributed by atoms with E-state index in [1.807, 2.05) is 43.0 Å². The van der Waals surface area contributed by atoms with Crippen LogP contribution in [0.4, 0.5) is 5.69 Å². The van der Waals surface area contributed by atoms with Gasteiger partial charge in [-0.3, -0.25) is 4.79 Å². The normalized spacial score (nSPS) is 10.9. The number of nitrogens with one attached hydrogen (secondary N) is 1. The van der Waals surface area contributed by atoms with Crippen molar-refractivity contribution in [2.45, 2.75) is 25.9 Å². The van der Waals surface area contributed by atoms with Gasteiger partial charge in [0.2, 0.25) is 5.91 Å². The van der Waals surface area contributed by atoms with Gasteiger partial charge in [0.25, 0.3) is 0 Å². The molecule has 2 aromatic heterocycles. The van der Waals surface area contributed by atoms with Crippen LogP contribution >= 0.6 is 23.1 Å². The van der Waals surface area contributed by atoms with Crippen LogP contribution < -0.4 is 5.32 Å². The Labute approximate surface area is 155 Å². The first kappa shape index (κ1) is 17.7. The van der Waals surface area contributed by atoms with E-state index in [0.29, 0.717) is 5.75 Å². The molecule has 7 heteroatoms. The van der Waals surface area contributed by atoms with Gasteiger partial charge in [-0.15, -0.1) is 21.5 Å². The number of amides is 1. The van der Waals surface area contributed by atoms with Crippen molar-refractivity contribution < 1.29 is 4.79 Å². The summed E-state index contributed by atoms with van der Waals surface area (Å²) < 4.78 is 1.92. The highest BCUT2D eigenvalue weighted by atomic mass is 32.2. The minimum absolute atomic E-state index is 0.0410. The molecule has 2 heterocycles. The minimum Gasteiger partial charge on any atom is -0.325 e. The lowest BCUT2D eigenvalue weighted by atomic mass is 10.1. The molecule has 1 amide bonds. The number of carbonyl (C=O) groups excluding carboxylic acids is 1. The van der Waals surface area contributed by atoms with E-state index in [1.54, 1.807) is 11.3 Å². The van der Waals surface area contributed by atoms with Gasteiger partial charge in [0.1, 0.15) is 0 Å². The summed E-state index contributed by atoms with van der Waals surface area (Å²) in [5, 5.41) is 14.2. The molecule has 0 spiro atoms. The Balaban J connectivity index is 1.66. The zero-order chi connectivity index (χ0) is 18.0. The van der Waals surface area contributed by atoms with Gasteiger partial charge in [-0.2, -0.15) is 0 Å². The van der Waals surface area contributed by atoms with Crippen LogP contribution in [0.5, 0.6) is 0 Å². The Kier molecular flexibility index (Phi) is 5.24. The van der Waals surface area contributed by atoms with Crippen molar-refractivity contribution in [3.8, 4) is 10.7 Å². The van der Waals surface area contributed by atoms with Crippen molar-refractivity contribution in [3.05, 3.63) is 46.3 Å². The van der Waals surface area contributed by atoms with Gasteiger partial charge in [0, 0.05) is 12.7 Å². The highest BCUT2D eigenvalue weighted by molar-refractivity contribution is 7.99. The molecule has 0 fully saturated rings. The van der Waals surface area contributed by atoms with Gasteiger partial charge in [-0.05, 0) is 43.3 Å². The monoisotopic (exact) mass is 372 g/mol. The average molecular weight is 373 g/mol. The van der Waals surface area contributed by atoms with Gasteiger partial charge in [0.05, 0.1) is 10.6 Å². The Bertz CT molecular complexity index is 877. The lowest BCUT2D eigenvalue weighted by Crippen LogP contribution is -2.16. The standard InChI is InChI=1S/C18H20N4OS2/c1-11-8-12(2)16(13(3)9-11)19-15(23)10-25-18-21-20-17(22(18)4)14-6-5-7-24-14/h5-9H,10H2,1-4H3,(H,19,23). The fourth-order valence-electron chi connectivity index (χ4n) is 2.74. The van der Waals surface area contributed by atoms with E-state index in [4.69, 9.17) is 0 Å². The summed E-state index contributed by atoms with van der Waals surface area (Å²) in [4.78, 5) is 13.4. The summed E-state index contributed by atoms with van der Waals surface area (Å²) in [5.41, 5.74) is 4.25. The second-order valence-corrected chi connectivity index (χ2v) is 7.84. The van der Waals surface area contributed by atoms with Crippen LogP contribution in [0, 0.1) is 20.8 Å². The van der Waals surface area contributed by atoms with E-state index in [2.05, 4.69) is 34.6 Å². The molecule has 0 bridgehead atoms. The number of aryl methyl sites for hydroxylation is 3. The number of carbonyl (C=O) groups is 1. The molecule has 0 aliphatic heterocycles. The fourth-order valence-corrected chi connectivity index (χ4v) is 4.20. The molecule has 0 saturated carbocycles. The number of hydrogen-bond acceptors (Lipinski definition) is 5. The van der Waals surface area contributed by atoms with Crippen molar-refractivity contribution in [3.63, 3.8) is 0 Å². The number of nitrogens with zero attached hydrogens (tertiary/aromatic N) is 3. The lowest BCUT2D eigenvalue weighted by molar-refractivity contribution is -0.113. The first-order chi connectivity index (χ1) is 12.0. The van der Waals surface area contributed by atoms with Crippen LogP contribution in [-0.4, -0.2) is 26.4 Å². The zero-order valence-corrected chi connectivity index (χ0v) is 16.3. The minimum atomic E-state index is -0.0410. The largest absolute Gasteiger partial charge is 0.325 e. The second-order valence-electron chi connectivity index (χ2n) is 5.95. The average Bonchev–Trinajstić information content (AvgIpc) is 3.18. The summed E-state index contributed by atoms with van der Waals surface area (Å²) in [6.45, 7) is 6.08. The van der Waals surface area contributed by atoms with Gasteiger partial charge in [-0.25, -0.2) is 0 Å². The third kappa shape index (κ3) is 3.93. The molecular weight excluding hydrogens is 352 g/mol. The molecule has 0 unspecified atom stereocenters. The van der Waals surface area contributed by atoms with Crippen LogP contribution in [0.1, 0.15) is 16.7 Å². The number of rotatable bonds is 5. The molecule has 3 rings (SSSR count). The zero-order valence-electron chi connectivity index (χ0n) is 14.7. The third-order valence-corrected chi connectivity index (χ3v) is 5.74. The molecule has 1 aromatic carbocycles. The number of anilines is 1. The van der Waals surface area contributed by atoms with Crippen molar-refractivity contribution in [2.24, 2.45) is 7.05 Å². The van der Waals surface area contributed by atoms with Crippen molar-refractivity contribution >= 4 is 34.7 Å². The SMILES string of the molecule is Cc1cc(C)c(NC(=O)CSc2nnc(-c3cccs3)n2C)c(C)c1. The van der Waals surface area contributed by atoms with Gasteiger partial charge < -0.3 is 9.88 Å². The van der Waals surface area contributed by atoms with Crippen LogP contribution in [-0.2, 0) is 11.8 Å². The van der Waals surface area contributed by atoms with Crippen molar-refractivity contribution in [1.29, 1.82) is 0 Å². The first-order valence-electron chi connectivity index (χ1n) is 7.89. The predicted octanol–water partition coefficient (Wildman–Crippen LogP) is 4.20.